The van der Waals surface area contributed by atoms with Crippen LogP contribution in [0.15, 0.2) is 30.3 Å². The molecule has 0 atom stereocenters. The Morgan fingerprint density at radius 3 is 2.45 bits per heavy atom. The van der Waals surface area contributed by atoms with Gasteiger partial charge >= 0.3 is 0 Å². The quantitative estimate of drug-likeness (QED) is 0.642. The summed E-state index contributed by atoms with van der Waals surface area (Å²) in [6.45, 7) is 7.81. The van der Waals surface area contributed by atoms with Crippen molar-refractivity contribution in [2.24, 2.45) is 0 Å². The molecule has 0 bridgehead atoms. The van der Waals surface area contributed by atoms with Gasteiger partial charge in [0.2, 0.25) is 5.91 Å². The van der Waals surface area contributed by atoms with E-state index in [9.17, 15) is 13.6 Å². The molecular formula is C22H24F2N6O. The first-order valence-corrected chi connectivity index (χ1v) is 10.2. The van der Waals surface area contributed by atoms with Gasteiger partial charge in [-0.25, -0.2) is 18.4 Å². The summed E-state index contributed by atoms with van der Waals surface area (Å²) in [6.07, 6.45) is 0.124. The molecule has 9 heteroatoms. The summed E-state index contributed by atoms with van der Waals surface area (Å²) in [4.78, 5) is 24.8. The Kier molecular flexibility index (Phi) is 5.67. The van der Waals surface area contributed by atoms with Gasteiger partial charge < -0.3 is 9.80 Å². The zero-order chi connectivity index (χ0) is 22.1. The highest BCUT2D eigenvalue weighted by molar-refractivity contribution is 5.73. The van der Waals surface area contributed by atoms with Crippen molar-refractivity contribution >= 4 is 11.7 Å². The summed E-state index contributed by atoms with van der Waals surface area (Å²) < 4.78 is 29.6. The molecule has 0 radical (unpaired) electrons. The number of carbonyl (C=O) groups is 1. The third-order valence-electron chi connectivity index (χ3n) is 5.41. The van der Waals surface area contributed by atoms with Gasteiger partial charge in [-0.1, -0.05) is 12.1 Å². The third kappa shape index (κ3) is 4.40. The second-order valence-electron chi connectivity index (χ2n) is 7.74. The highest BCUT2D eigenvalue weighted by Gasteiger charge is 2.22. The molecule has 31 heavy (non-hydrogen) atoms. The van der Waals surface area contributed by atoms with Crippen LogP contribution in [0.3, 0.4) is 0 Å². The molecule has 4 rings (SSSR count). The van der Waals surface area contributed by atoms with Crippen LogP contribution < -0.4 is 4.90 Å². The van der Waals surface area contributed by atoms with E-state index in [1.807, 2.05) is 19.9 Å². The number of hydrogen-bond donors (Lipinski definition) is 0. The highest BCUT2D eigenvalue weighted by Crippen LogP contribution is 2.21. The summed E-state index contributed by atoms with van der Waals surface area (Å²) in [5.41, 5.74) is 2.50. The highest BCUT2D eigenvalue weighted by atomic mass is 19.2. The van der Waals surface area contributed by atoms with Crippen LogP contribution in [-0.4, -0.2) is 56.7 Å². The van der Waals surface area contributed by atoms with Gasteiger partial charge in [-0.3, -0.25) is 4.79 Å². The van der Waals surface area contributed by atoms with Crippen LogP contribution >= 0.6 is 0 Å². The van der Waals surface area contributed by atoms with Gasteiger partial charge in [-0.2, -0.15) is 10.1 Å². The minimum absolute atomic E-state index is 0.0490. The van der Waals surface area contributed by atoms with Crippen molar-refractivity contribution < 1.29 is 13.6 Å². The molecule has 2 aromatic heterocycles. The molecule has 7 nitrogen and oxygen atoms in total. The second-order valence-corrected chi connectivity index (χ2v) is 7.74. The molecule has 0 spiro atoms. The van der Waals surface area contributed by atoms with Crippen molar-refractivity contribution in [1.29, 1.82) is 0 Å². The molecule has 1 aromatic carbocycles. The molecule has 0 unspecified atom stereocenters. The summed E-state index contributed by atoms with van der Waals surface area (Å²) in [5, 5.41) is 4.47. The number of piperazine rings is 1. The standard InChI is InChI=1S/C22H24F2N6O/c1-14-11-15(2)30(27-14)22-25-18(12-17-5-4-6-19(23)21(17)24)13-20(26-22)29-9-7-28(8-10-29)16(3)31/h4-6,11,13H,7-10,12H2,1-3H3. The topological polar surface area (TPSA) is 67.2 Å². The fourth-order valence-corrected chi connectivity index (χ4v) is 3.78. The second kappa shape index (κ2) is 8.41. The van der Waals surface area contributed by atoms with E-state index < -0.39 is 11.6 Å². The average molecular weight is 426 g/mol. The van der Waals surface area contributed by atoms with Crippen LogP contribution in [0, 0.1) is 25.5 Å². The van der Waals surface area contributed by atoms with Crippen LogP contribution in [-0.2, 0) is 11.2 Å². The van der Waals surface area contributed by atoms with Crippen molar-refractivity contribution in [3.05, 3.63) is 64.6 Å². The number of rotatable bonds is 4. The molecule has 0 N–H and O–H groups in total. The molecular weight excluding hydrogens is 402 g/mol. The molecule has 3 aromatic rings. The van der Waals surface area contributed by atoms with E-state index in [-0.39, 0.29) is 17.9 Å². The molecule has 1 fully saturated rings. The Balaban J connectivity index is 1.71. The predicted octanol–water partition coefficient (Wildman–Crippen LogP) is 2.82. The van der Waals surface area contributed by atoms with Gasteiger partial charge in [0.15, 0.2) is 11.6 Å². The molecule has 0 saturated carbocycles. The predicted molar refractivity (Wildman–Crippen MR) is 112 cm³/mol. The van der Waals surface area contributed by atoms with E-state index in [0.29, 0.717) is 43.6 Å². The Morgan fingerprint density at radius 1 is 1.06 bits per heavy atom. The van der Waals surface area contributed by atoms with Crippen LogP contribution in [0.5, 0.6) is 0 Å². The smallest absolute Gasteiger partial charge is 0.252 e. The Labute approximate surface area is 179 Å². The van der Waals surface area contributed by atoms with E-state index in [1.54, 1.807) is 28.6 Å². The summed E-state index contributed by atoms with van der Waals surface area (Å²) >= 11 is 0. The number of anilines is 1. The minimum atomic E-state index is -0.883. The average Bonchev–Trinajstić information content (AvgIpc) is 3.09. The number of aromatic nitrogens is 4. The van der Waals surface area contributed by atoms with Gasteiger partial charge in [0.05, 0.1) is 11.4 Å². The number of aryl methyl sites for hydroxylation is 2. The van der Waals surface area contributed by atoms with Crippen molar-refractivity contribution in [1.82, 2.24) is 24.6 Å². The normalized spacial score (nSPS) is 14.2. The van der Waals surface area contributed by atoms with Crippen molar-refractivity contribution in [2.45, 2.75) is 27.2 Å². The van der Waals surface area contributed by atoms with Gasteiger partial charge in [0, 0.05) is 51.3 Å². The third-order valence-corrected chi connectivity index (χ3v) is 5.41. The lowest BCUT2D eigenvalue weighted by Gasteiger charge is -2.35. The Bertz CT molecular complexity index is 1120. The summed E-state index contributed by atoms with van der Waals surface area (Å²) in [5.74, 6) is -0.652. The van der Waals surface area contributed by atoms with E-state index in [1.165, 1.54) is 6.07 Å². The zero-order valence-corrected chi connectivity index (χ0v) is 17.8. The van der Waals surface area contributed by atoms with E-state index in [4.69, 9.17) is 4.98 Å². The lowest BCUT2D eigenvalue weighted by Crippen LogP contribution is -2.48. The van der Waals surface area contributed by atoms with E-state index >= 15 is 0 Å². The van der Waals surface area contributed by atoms with Crippen LogP contribution in [0.25, 0.3) is 5.95 Å². The molecule has 1 aliphatic rings. The molecule has 3 heterocycles. The molecule has 0 aliphatic carbocycles. The van der Waals surface area contributed by atoms with Gasteiger partial charge in [0.1, 0.15) is 5.82 Å². The van der Waals surface area contributed by atoms with Gasteiger partial charge in [-0.15, -0.1) is 0 Å². The molecule has 162 valence electrons. The van der Waals surface area contributed by atoms with Crippen LogP contribution in [0.4, 0.5) is 14.6 Å². The first-order chi connectivity index (χ1) is 14.8. The van der Waals surface area contributed by atoms with Crippen molar-refractivity contribution in [3.8, 4) is 5.95 Å². The molecule has 1 saturated heterocycles. The fraction of sp³-hybridized carbons (Fsp3) is 0.364. The van der Waals surface area contributed by atoms with E-state index in [2.05, 4.69) is 15.0 Å². The fourth-order valence-electron chi connectivity index (χ4n) is 3.78. The number of amides is 1. The van der Waals surface area contributed by atoms with Gasteiger partial charge in [0.25, 0.3) is 5.95 Å². The molecule has 1 amide bonds. The van der Waals surface area contributed by atoms with Crippen LogP contribution in [0.1, 0.15) is 29.6 Å². The lowest BCUT2D eigenvalue weighted by atomic mass is 10.1. The Morgan fingerprint density at radius 2 is 1.81 bits per heavy atom. The number of halogens is 2. The number of hydrogen-bond acceptors (Lipinski definition) is 5. The maximum atomic E-state index is 14.3. The summed E-state index contributed by atoms with van der Waals surface area (Å²) in [6, 6.07) is 7.85. The first-order valence-electron chi connectivity index (χ1n) is 10.2. The zero-order valence-electron chi connectivity index (χ0n) is 17.8. The monoisotopic (exact) mass is 426 g/mol. The summed E-state index contributed by atoms with van der Waals surface area (Å²) in [7, 11) is 0. The minimum Gasteiger partial charge on any atom is -0.353 e. The van der Waals surface area contributed by atoms with Crippen molar-refractivity contribution in [2.75, 3.05) is 31.1 Å². The largest absolute Gasteiger partial charge is 0.353 e. The molecule has 1 aliphatic heterocycles. The van der Waals surface area contributed by atoms with Crippen molar-refractivity contribution in [3.63, 3.8) is 0 Å². The number of carbonyl (C=O) groups excluding carboxylic acids is 1. The van der Waals surface area contributed by atoms with Gasteiger partial charge in [-0.05, 0) is 31.5 Å². The maximum absolute atomic E-state index is 14.3. The SMILES string of the molecule is CC(=O)N1CCN(c2cc(Cc3cccc(F)c3F)nc(-n3nc(C)cc3C)n2)CC1. The maximum Gasteiger partial charge on any atom is 0.252 e. The number of nitrogens with zero attached hydrogens (tertiary/aromatic N) is 6. The Hall–Kier alpha value is -3.36. The first kappa shape index (κ1) is 20.9. The van der Waals surface area contributed by atoms with E-state index in [0.717, 1.165) is 17.5 Å². The number of benzene rings is 1. The lowest BCUT2D eigenvalue weighted by molar-refractivity contribution is -0.129. The van der Waals surface area contributed by atoms with Crippen LogP contribution in [0.2, 0.25) is 0 Å².